The van der Waals surface area contributed by atoms with E-state index in [4.69, 9.17) is 4.52 Å². The zero-order valence-electron chi connectivity index (χ0n) is 14.0. The van der Waals surface area contributed by atoms with Crippen molar-refractivity contribution in [2.45, 2.75) is 39.7 Å². The number of nitrogens with zero attached hydrogens (tertiary/aromatic N) is 1. The lowest BCUT2D eigenvalue weighted by Crippen LogP contribution is -2.29. The number of fused-ring (bicyclic) bond motifs is 1. The Bertz CT molecular complexity index is 902. The quantitative estimate of drug-likeness (QED) is 0.755. The van der Waals surface area contributed by atoms with Crippen LogP contribution in [0.25, 0.3) is 10.9 Å². The number of H-pyrrole nitrogens is 1. The minimum absolute atomic E-state index is 0.130. The summed E-state index contributed by atoms with van der Waals surface area (Å²) in [5, 5.41) is 8.22. The van der Waals surface area contributed by atoms with Crippen molar-refractivity contribution in [2.75, 3.05) is 0 Å². The van der Waals surface area contributed by atoms with Gasteiger partial charge in [-0.1, -0.05) is 24.2 Å². The van der Waals surface area contributed by atoms with Gasteiger partial charge in [0, 0.05) is 29.1 Å². The molecule has 0 radical (unpaired) electrons. The number of carbonyl (C=O) groups excluding carboxylic acids is 1. The van der Waals surface area contributed by atoms with Crippen molar-refractivity contribution in [2.24, 2.45) is 5.41 Å². The molecule has 24 heavy (non-hydrogen) atoms. The average Bonchev–Trinajstić information content (AvgIpc) is 3.00. The second kappa shape index (κ2) is 5.51. The minimum Gasteiger partial charge on any atom is -0.361 e. The van der Waals surface area contributed by atoms with E-state index in [0.717, 1.165) is 47.3 Å². The molecule has 0 atom stereocenters. The largest absolute Gasteiger partial charge is 0.361 e. The van der Waals surface area contributed by atoms with Crippen molar-refractivity contribution in [3.63, 3.8) is 0 Å². The molecule has 5 heteroatoms. The first-order valence-electron chi connectivity index (χ1n) is 8.33. The zero-order chi connectivity index (χ0) is 16.7. The summed E-state index contributed by atoms with van der Waals surface area (Å²) in [4.78, 5) is 15.4. The van der Waals surface area contributed by atoms with Crippen LogP contribution in [0.3, 0.4) is 0 Å². The van der Waals surface area contributed by atoms with Crippen molar-refractivity contribution in [3.05, 3.63) is 53.0 Å². The number of aryl methyl sites for hydroxylation is 1. The maximum atomic E-state index is 12.0. The molecule has 1 aliphatic carbocycles. The molecule has 1 saturated carbocycles. The van der Waals surface area contributed by atoms with Crippen LogP contribution in [-0.4, -0.2) is 16.0 Å². The number of amides is 1. The second-order valence-corrected chi connectivity index (χ2v) is 7.07. The predicted molar refractivity (Wildman–Crippen MR) is 91.5 cm³/mol. The van der Waals surface area contributed by atoms with E-state index < -0.39 is 0 Å². The Kier molecular flexibility index (Phi) is 3.44. The fraction of sp³-hybridized carbons (Fsp3) is 0.368. The maximum absolute atomic E-state index is 12.0. The highest BCUT2D eigenvalue weighted by molar-refractivity contribution is 5.85. The van der Waals surface area contributed by atoms with Crippen LogP contribution in [0, 0.1) is 12.3 Å². The van der Waals surface area contributed by atoms with Gasteiger partial charge in [0.15, 0.2) is 0 Å². The standard InChI is InChI=1S/C19H21N3O2/c1-12-7-15(22-24-12)8-13-3-4-14-10-16(21-17(14)9-13)11-20-18(23)19(2)5-6-19/h3-4,7,9-10,21H,5-6,8,11H2,1-2H3,(H,20,23). The molecule has 3 aromatic rings. The van der Waals surface area contributed by atoms with E-state index in [9.17, 15) is 4.79 Å². The number of aromatic amines is 1. The fourth-order valence-corrected chi connectivity index (χ4v) is 2.95. The molecule has 0 unspecified atom stereocenters. The molecule has 0 bridgehead atoms. The molecule has 4 rings (SSSR count). The van der Waals surface area contributed by atoms with Gasteiger partial charge in [0.1, 0.15) is 5.76 Å². The number of hydrogen-bond acceptors (Lipinski definition) is 3. The summed E-state index contributed by atoms with van der Waals surface area (Å²) in [6.07, 6.45) is 2.74. The highest BCUT2D eigenvalue weighted by Crippen LogP contribution is 2.45. The first-order valence-corrected chi connectivity index (χ1v) is 8.33. The van der Waals surface area contributed by atoms with Crippen LogP contribution < -0.4 is 5.32 Å². The van der Waals surface area contributed by atoms with E-state index in [1.54, 1.807) is 0 Å². The summed E-state index contributed by atoms with van der Waals surface area (Å²) in [7, 11) is 0. The summed E-state index contributed by atoms with van der Waals surface area (Å²) >= 11 is 0. The highest BCUT2D eigenvalue weighted by Gasteiger charge is 2.44. The molecule has 1 aromatic carbocycles. The van der Waals surface area contributed by atoms with E-state index in [-0.39, 0.29) is 11.3 Å². The third-order valence-electron chi connectivity index (χ3n) is 4.79. The minimum atomic E-state index is -0.130. The Morgan fingerprint density at radius 3 is 2.88 bits per heavy atom. The highest BCUT2D eigenvalue weighted by atomic mass is 16.5. The molecule has 2 aromatic heterocycles. The van der Waals surface area contributed by atoms with Crippen LogP contribution >= 0.6 is 0 Å². The first kappa shape index (κ1) is 15.0. The smallest absolute Gasteiger partial charge is 0.226 e. The van der Waals surface area contributed by atoms with Crippen LogP contribution in [0.5, 0.6) is 0 Å². The van der Waals surface area contributed by atoms with Gasteiger partial charge < -0.3 is 14.8 Å². The van der Waals surface area contributed by atoms with Gasteiger partial charge in [0.25, 0.3) is 0 Å². The van der Waals surface area contributed by atoms with Gasteiger partial charge >= 0.3 is 0 Å². The predicted octanol–water partition coefficient (Wildman–Crippen LogP) is 3.47. The SMILES string of the molecule is Cc1cc(Cc2ccc3cc(CNC(=O)C4(C)CC4)[nH]c3c2)no1. The summed E-state index contributed by atoms with van der Waals surface area (Å²) in [6, 6.07) is 10.4. The topological polar surface area (TPSA) is 70.9 Å². The van der Waals surface area contributed by atoms with Crippen molar-refractivity contribution in [1.82, 2.24) is 15.5 Å². The van der Waals surface area contributed by atoms with Gasteiger partial charge in [-0.15, -0.1) is 0 Å². The maximum Gasteiger partial charge on any atom is 0.226 e. The molecule has 0 saturated heterocycles. The zero-order valence-corrected chi connectivity index (χ0v) is 14.0. The van der Waals surface area contributed by atoms with Gasteiger partial charge in [0.2, 0.25) is 5.91 Å². The summed E-state index contributed by atoms with van der Waals surface area (Å²) in [6.45, 7) is 4.46. The first-order chi connectivity index (χ1) is 11.5. The van der Waals surface area contributed by atoms with E-state index >= 15 is 0 Å². The number of rotatable bonds is 5. The lowest BCUT2D eigenvalue weighted by molar-refractivity contribution is -0.125. The van der Waals surface area contributed by atoms with Gasteiger partial charge in [-0.25, -0.2) is 0 Å². The third kappa shape index (κ3) is 2.94. The van der Waals surface area contributed by atoms with Gasteiger partial charge in [-0.3, -0.25) is 4.79 Å². The monoisotopic (exact) mass is 323 g/mol. The van der Waals surface area contributed by atoms with Crippen molar-refractivity contribution < 1.29 is 9.32 Å². The lowest BCUT2D eigenvalue weighted by Gasteiger charge is -2.08. The van der Waals surface area contributed by atoms with E-state index in [0.29, 0.717) is 6.54 Å². The summed E-state index contributed by atoms with van der Waals surface area (Å²) < 4.78 is 5.12. The normalized spacial score (nSPS) is 15.6. The Labute approximate surface area is 140 Å². The molecule has 1 fully saturated rings. The van der Waals surface area contributed by atoms with E-state index in [1.165, 1.54) is 5.56 Å². The number of aromatic nitrogens is 2. The van der Waals surface area contributed by atoms with Crippen molar-refractivity contribution in [1.29, 1.82) is 0 Å². The molecular weight excluding hydrogens is 302 g/mol. The molecule has 2 N–H and O–H groups in total. The Hall–Kier alpha value is -2.56. The van der Waals surface area contributed by atoms with Crippen LogP contribution in [-0.2, 0) is 17.8 Å². The average molecular weight is 323 g/mol. The molecule has 5 nitrogen and oxygen atoms in total. The van der Waals surface area contributed by atoms with Gasteiger partial charge in [-0.2, -0.15) is 0 Å². The fourth-order valence-electron chi connectivity index (χ4n) is 2.95. The number of hydrogen-bond donors (Lipinski definition) is 2. The molecular formula is C19H21N3O2. The number of carbonyl (C=O) groups is 1. The van der Waals surface area contributed by atoms with E-state index in [2.05, 4.69) is 39.7 Å². The second-order valence-electron chi connectivity index (χ2n) is 7.07. The Morgan fingerprint density at radius 2 is 2.17 bits per heavy atom. The lowest BCUT2D eigenvalue weighted by atomic mass is 10.1. The van der Waals surface area contributed by atoms with Crippen molar-refractivity contribution >= 4 is 16.8 Å². The van der Waals surface area contributed by atoms with Gasteiger partial charge in [-0.05, 0) is 42.8 Å². The third-order valence-corrected chi connectivity index (χ3v) is 4.79. The summed E-state index contributed by atoms with van der Waals surface area (Å²) in [5.41, 5.74) is 4.09. The molecule has 1 aliphatic rings. The molecule has 2 heterocycles. The number of nitrogens with one attached hydrogen (secondary N) is 2. The Morgan fingerprint density at radius 1 is 1.33 bits per heavy atom. The van der Waals surface area contributed by atoms with Gasteiger partial charge in [0.05, 0.1) is 12.2 Å². The van der Waals surface area contributed by atoms with Crippen LogP contribution in [0.4, 0.5) is 0 Å². The Balaban J connectivity index is 1.47. The van der Waals surface area contributed by atoms with Crippen molar-refractivity contribution in [3.8, 4) is 0 Å². The number of benzene rings is 1. The molecule has 124 valence electrons. The van der Waals surface area contributed by atoms with Crippen LogP contribution in [0.2, 0.25) is 0 Å². The van der Waals surface area contributed by atoms with E-state index in [1.807, 2.05) is 19.9 Å². The molecule has 0 spiro atoms. The van der Waals surface area contributed by atoms with Crippen LogP contribution in [0.1, 0.15) is 42.5 Å². The molecule has 0 aliphatic heterocycles. The summed E-state index contributed by atoms with van der Waals surface area (Å²) in [5.74, 6) is 0.983. The molecule has 1 amide bonds. The van der Waals surface area contributed by atoms with Crippen LogP contribution in [0.15, 0.2) is 34.9 Å².